The van der Waals surface area contributed by atoms with E-state index in [1.54, 1.807) is 13.8 Å². The minimum Gasteiger partial charge on any atom is -0.372 e. The molecule has 0 aliphatic rings. The van der Waals surface area contributed by atoms with Crippen molar-refractivity contribution in [3.05, 3.63) is 60.2 Å². The largest absolute Gasteiger partial charge is 0.372 e. The lowest BCUT2D eigenvalue weighted by molar-refractivity contribution is -0.138. The Morgan fingerprint density at radius 3 is 2.04 bits per heavy atom. The molecule has 2 rings (SSSR count). The zero-order chi connectivity index (χ0) is 19.9. The lowest BCUT2D eigenvalue weighted by Crippen LogP contribution is -2.44. The maximum absolute atomic E-state index is 12.6. The van der Waals surface area contributed by atoms with Gasteiger partial charge in [0.1, 0.15) is 5.41 Å². The second-order valence-electron chi connectivity index (χ2n) is 6.97. The van der Waals surface area contributed by atoms with E-state index in [0.29, 0.717) is 12.2 Å². The van der Waals surface area contributed by atoms with Crippen LogP contribution >= 0.6 is 0 Å². The number of rotatable bonds is 8. The summed E-state index contributed by atoms with van der Waals surface area (Å²) in [4.78, 5) is 27.4. The first-order valence-corrected chi connectivity index (χ1v) is 9.37. The van der Waals surface area contributed by atoms with Crippen molar-refractivity contribution in [3.8, 4) is 0 Å². The summed E-state index contributed by atoms with van der Waals surface area (Å²) in [5.74, 6) is -0.632. The molecule has 2 N–H and O–H groups in total. The quantitative estimate of drug-likeness (QED) is 0.698. The van der Waals surface area contributed by atoms with Crippen molar-refractivity contribution in [2.45, 2.75) is 34.2 Å². The van der Waals surface area contributed by atoms with Crippen LogP contribution in [0.5, 0.6) is 0 Å². The third kappa shape index (κ3) is 5.33. The van der Waals surface area contributed by atoms with Crippen LogP contribution in [0.15, 0.2) is 54.6 Å². The molecule has 2 aromatic carbocycles. The molecule has 0 saturated heterocycles. The van der Waals surface area contributed by atoms with Crippen LogP contribution < -0.4 is 15.5 Å². The number of nitrogens with zero attached hydrogens (tertiary/aromatic N) is 1. The molecule has 5 nitrogen and oxygen atoms in total. The fourth-order valence-corrected chi connectivity index (χ4v) is 2.73. The average Bonchev–Trinajstić information content (AvgIpc) is 2.69. The van der Waals surface area contributed by atoms with Gasteiger partial charge < -0.3 is 15.5 Å². The van der Waals surface area contributed by atoms with Gasteiger partial charge in [-0.05, 0) is 57.5 Å². The van der Waals surface area contributed by atoms with Crippen molar-refractivity contribution in [1.29, 1.82) is 0 Å². The van der Waals surface area contributed by atoms with Gasteiger partial charge >= 0.3 is 0 Å². The summed E-state index contributed by atoms with van der Waals surface area (Å²) in [6.07, 6.45) is 0. The van der Waals surface area contributed by atoms with Gasteiger partial charge in [0.15, 0.2) is 0 Å². The van der Waals surface area contributed by atoms with E-state index in [-0.39, 0.29) is 11.8 Å². The van der Waals surface area contributed by atoms with Gasteiger partial charge in [0.05, 0.1) is 0 Å². The maximum Gasteiger partial charge on any atom is 0.239 e. The topological polar surface area (TPSA) is 61.4 Å². The van der Waals surface area contributed by atoms with E-state index in [1.165, 1.54) is 0 Å². The molecule has 0 unspecified atom stereocenters. The number of carbonyl (C=O) groups is 2. The summed E-state index contributed by atoms with van der Waals surface area (Å²) >= 11 is 0. The number of amides is 2. The lowest BCUT2D eigenvalue weighted by atomic mass is 9.90. The van der Waals surface area contributed by atoms with Gasteiger partial charge in [-0.15, -0.1) is 0 Å². The molecule has 0 aliphatic carbocycles. The molecule has 0 aliphatic heterocycles. The highest BCUT2D eigenvalue weighted by Crippen LogP contribution is 2.22. The Balaban J connectivity index is 1.97. The van der Waals surface area contributed by atoms with Crippen LogP contribution in [0.2, 0.25) is 0 Å². The molecule has 0 aromatic heterocycles. The van der Waals surface area contributed by atoms with Gasteiger partial charge in [-0.3, -0.25) is 9.59 Å². The van der Waals surface area contributed by atoms with E-state index in [1.807, 2.05) is 54.6 Å². The Kier molecular flexibility index (Phi) is 6.99. The average molecular weight is 367 g/mol. The van der Waals surface area contributed by atoms with Gasteiger partial charge in [0.2, 0.25) is 11.8 Å². The Morgan fingerprint density at radius 2 is 1.48 bits per heavy atom. The van der Waals surface area contributed by atoms with Crippen molar-refractivity contribution in [2.24, 2.45) is 5.41 Å². The normalized spacial score (nSPS) is 11.0. The van der Waals surface area contributed by atoms with Crippen LogP contribution in [0.4, 0.5) is 11.4 Å². The molecule has 0 spiro atoms. The van der Waals surface area contributed by atoms with E-state index >= 15 is 0 Å². The van der Waals surface area contributed by atoms with Gasteiger partial charge in [-0.2, -0.15) is 0 Å². The predicted octanol–water partition coefficient (Wildman–Crippen LogP) is 3.81. The second kappa shape index (κ2) is 9.21. The van der Waals surface area contributed by atoms with E-state index in [0.717, 1.165) is 24.3 Å². The number of anilines is 2. The van der Waals surface area contributed by atoms with Gasteiger partial charge in [0, 0.05) is 31.0 Å². The molecule has 5 heteroatoms. The number of carbonyl (C=O) groups excluding carboxylic acids is 2. The van der Waals surface area contributed by atoms with E-state index < -0.39 is 5.41 Å². The molecule has 0 heterocycles. The molecule has 0 radical (unpaired) electrons. The Labute approximate surface area is 161 Å². The minimum atomic E-state index is -1.17. The summed E-state index contributed by atoms with van der Waals surface area (Å²) in [6, 6.07) is 17.3. The van der Waals surface area contributed by atoms with Gasteiger partial charge in [-0.1, -0.05) is 30.3 Å². The van der Waals surface area contributed by atoms with Crippen LogP contribution in [-0.2, 0) is 16.1 Å². The van der Waals surface area contributed by atoms with Crippen molar-refractivity contribution >= 4 is 23.2 Å². The third-order valence-corrected chi connectivity index (χ3v) is 4.68. The first kappa shape index (κ1) is 20.5. The molecule has 27 heavy (non-hydrogen) atoms. The van der Waals surface area contributed by atoms with Gasteiger partial charge in [-0.25, -0.2) is 0 Å². The maximum atomic E-state index is 12.6. The number of hydrogen-bond acceptors (Lipinski definition) is 3. The highest BCUT2D eigenvalue weighted by Gasteiger charge is 2.35. The molecule has 0 fully saturated rings. The molecular formula is C22H29N3O2. The van der Waals surface area contributed by atoms with E-state index in [9.17, 15) is 9.59 Å². The Hall–Kier alpha value is -2.82. The summed E-state index contributed by atoms with van der Waals surface area (Å²) in [6.45, 7) is 9.73. The van der Waals surface area contributed by atoms with Crippen molar-refractivity contribution in [2.75, 3.05) is 23.3 Å². The van der Waals surface area contributed by atoms with Crippen LogP contribution in [0.1, 0.15) is 33.3 Å². The minimum absolute atomic E-state index is 0.302. The molecular weight excluding hydrogens is 338 g/mol. The van der Waals surface area contributed by atoms with Crippen LogP contribution in [-0.4, -0.2) is 24.9 Å². The monoisotopic (exact) mass is 367 g/mol. The fraction of sp³-hybridized carbons (Fsp3) is 0.364. The predicted molar refractivity (Wildman–Crippen MR) is 111 cm³/mol. The summed E-state index contributed by atoms with van der Waals surface area (Å²) in [7, 11) is 0. The Bertz CT molecular complexity index is 751. The molecule has 144 valence electrons. The van der Waals surface area contributed by atoms with E-state index in [4.69, 9.17) is 0 Å². The first-order valence-electron chi connectivity index (χ1n) is 9.37. The van der Waals surface area contributed by atoms with E-state index in [2.05, 4.69) is 29.4 Å². The summed E-state index contributed by atoms with van der Waals surface area (Å²) < 4.78 is 0. The van der Waals surface area contributed by atoms with Crippen LogP contribution in [0.25, 0.3) is 0 Å². The van der Waals surface area contributed by atoms with Crippen molar-refractivity contribution in [3.63, 3.8) is 0 Å². The van der Waals surface area contributed by atoms with Crippen LogP contribution in [0, 0.1) is 5.41 Å². The van der Waals surface area contributed by atoms with Crippen molar-refractivity contribution in [1.82, 2.24) is 5.32 Å². The number of nitrogens with one attached hydrogen (secondary N) is 2. The Morgan fingerprint density at radius 1 is 0.889 bits per heavy atom. The summed E-state index contributed by atoms with van der Waals surface area (Å²) in [5.41, 5.74) is 1.61. The van der Waals surface area contributed by atoms with Crippen molar-refractivity contribution < 1.29 is 9.59 Å². The highest BCUT2D eigenvalue weighted by molar-refractivity contribution is 6.09. The molecule has 0 bridgehead atoms. The fourth-order valence-electron chi connectivity index (χ4n) is 2.73. The standard InChI is InChI=1S/C22H29N3O2/c1-5-25(6-2)19-14-12-18(13-15-19)24-21(27)22(3,4)20(26)23-16-17-10-8-7-9-11-17/h7-15H,5-6,16H2,1-4H3,(H,23,26)(H,24,27). The third-order valence-electron chi connectivity index (χ3n) is 4.68. The molecule has 0 saturated carbocycles. The highest BCUT2D eigenvalue weighted by atomic mass is 16.2. The lowest BCUT2D eigenvalue weighted by Gasteiger charge is -2.24. The van der Waals surface area contributed by atoms with Gasteiger partial charge in [0.25, 0.3) is 0 Å². The zero-order valence-electron chi connectivity index (χ0n) is 16.6. The number of benzene rings is 2. The number of hydrogen-bond donors (Lipinski definition) is 2. The van der Waals surface area contributed by atoms with Crippen LogP contribution in [0.3, 0.4) is 0 Å². The molecule has 0 atom stereocenters. The second-order valence-corrected chi connectivity index (χ2v) is 6.97. The SMILES string of the molecule is CCN(CC)c1ccc(NC(=O)C(C)(C)C(=O)NCc2ccccc2)cc1. The summed E-state index contributed by atoms with van der Waals surface area (Å²) in [5, 5.41) is 5.68. The molecule has 2 aromatic rings. The smallest absolute Gasteiger partial charge is 0.239 e. The first-order chi connectivity index (χ1) is 12.9. The molecule has 2 amide bonds. The zero-order valence-corrected chi connectivity index (χ0v) is 16.6.